The maximum atomic E-state index is 11.2. The fraction of sp³-hybridized carbons (Fsp3) is 0.538. The molecule has 0 fully saturated rings. The van der Waals surface area contributed by atoms with E-state index in [1.807, 2.05) is 20.8 Å². The van der Waals surface area contributed by atoms with Crippen molar-refractivity contribution in [2.75, 3.05) is 18.9 Å². The molecule has 0 heterocycles. The van der Waals surface area contributed by atoms with Gasteiger partial charge in [-0.1, -0.05) is 17.7 Å². The summed E-state index contributed by atoms with van der Waals surface area (Å²) >= 11 is 0. The van der Waals surface area contributed by atoms with E-state index in [1.54, 1.807) is 6.92 Å². The highest BCUT2D eigenvalue weighted by atomic mass is 32.2. The fourth-order valence-corrected chi connectivity index (χ4v) is 2.45. The Balaban J connectivity index is 2.55. The highest BCUT2D eigenvalue weighted by Gasteiger charge is 2.07. The Bertz CT molecular complexity index is 486. The van der Waals surface area contributed by atoms with Crippen molar-refractivity contribution < 1.29 is 13.2 Å². The second kappa shape index (κ2) is 6.20. The van der Waals surface area contributed by atoms with Crippen LogP contribution in [0.3, 0.4) is 0 Å². The molecule has 0 bridgehead atoms. The van der Waals surface area contributed by atoms with Crippen LogP contribution < -0.4 is 9.46 Å². The quantitative estimate of drug-likeness (QED) is 0.804. The minimum atomic E-state index is -3.13. The standard InChI is InChI=1S/C13H21NO3S/c1-5-18(15,16)14-6-7-17-13-11(3)8-10(2)9-12(13)4/h8-9,14H,5-7H2,1-4H3. The minimum absolute atomic E-state index is 0.0928. The Labute approximate surface area is 109 Å². The monoisotopic (exact) mass is 271 g/mol. The molecule has 0 saturated carbocycles. The molecule has 1 aromatic rings. The highest BCUT2D eigenvalue weighted by Crippen LogP contribution is 2.24. The molecule has 5 heteroatoms. The third-order valence-electron chi connectivity index (χ3n) is 2.66. The van der Waals surface area contributed by atoms with E-state index in [-0.39, 0.29) is 5.75 Å². The SMILES string of the molecule is CCS(=O)(=O)NCCOc1c(C)cc(C)cc1C. The summed E-state index contributed by atoms with van der Waals surface area (Å²) in [4.78, 5) is 0. The van der Waals surface area contributed by atoms with Gasteiger partial charge in [-0.3, -0.25) is 0 Å². The van der Waals surface area contributed by atoms with Crippen molar-refractivity contribution in [3.63, 3.8) is 0 Å². The molecule has 0 aliphatic carbocycles. The summed E-state index contributed by atoms with van der Waals surface area (Å²) in [5.74, 6) is 0.937. The first-order valence-electron chi connectivity index (χ1n) is 6.03. The Kier molecular flexibility index (Phi) is 5.16. The van der Waals surface area contributed by atoms with Gasteiger partial charge in [0, 0.05) is 6.54 Å². The summed E-state index contributed by atoms with van der Waals surface area (Å²) in [6, 6.07) is 4.11. The molecule has 0 spiro atoms. The average Bonchev–Trinajstić information content (AvgIpc) is 2.26. The van der Waals surface area contributed by atoms with Gasteiger partial charge in [-0.25, -0.2) is 13.1 Å². The van der Waals surface area contributed by atoms with Crippen molar-refractivity contribution in [1.82, 2.24) is 4.72 Å². The van der Waals surface area contributed by atoms with Crippen LogP contribution >= 0.6 is 0 Å². The topological polar surface area (TPSA) is 55.4 Å². The van der Waals surface area contributed by atoms with E-state index in [9.17, 15) is 8.42 Å². The first-order valence-corrected chi connectivity index (χ1v) is 7.69. The maximum Gasteiger partial charge on any atom is 0.211 e. The molecular weight excluding hydrogens is 250 g/mol. The molecule has 0 unspecified atom stereocenters. The summed E-state index contributed by atoms with van der Waals surface area (Å²) < 4.78 is 30.6. The van der Waals surface area contributed by atoms with Gasteiger partial charge >= 0.3 is 0 Å². The van der Waals surface area contributed by atoms with Gasteiger partial charge in [-0.05, 0) is 38.8 Å². The molecule has 1 N–H and O–H groups in total. The third kappa shape index (κ3) is 4.31. The van der Waals surface area contributed by atoms with Gasteiger partial charge in [0.05, 0.1) is 5.75 Å². The van der Waals surface area contributed by atoms with Crippen molar-refractivity contribution in [3.05, 3.63) is 28.8 Å². The lowest BCUT2D eigenvalue weighted by atomic mass is 10.1. The van der Waals surface area contributed by atoms with Gasteiger partial charge in [0.25, 0.3) is 0 Å². The molecule has 0 amide bonds. The van der Waals surface area contributed by atoms with Gasteiger partial charge in [0.1, 0.15) is 12.4 Å². The van der Waals surface area contributed by atoms with Crippen molar-refractivity contribution >= 4 is 10.0 Å². The lowest BCUT2D eigenvalue weighted by Gasteiger charge is -2.13. The lowest BCUT2D eigenvalue weighted by molar-refractivity contribution is 0.318. The zero-order valence-electron chi connectivity index (χ0n) is 11.4. The van der Waals surface area contributed by atoms with Crippen molar-refractivity contribution in [2.45, 2.75) is 27.7 Å². The Morgan fingerprint density at radius 1 is 1.17 bits per heavy atom. The van der Waals surface area contributed by atoms with Gasteiger partial charge in [-0.15, -0.1) is 0 Å². The summed E-state index contributed by atoms with van der Waals surface area (Å²) in [7, 11) is -3.13. The maximum absolute atomic E-state index is 11.2. The molecule has 0 radical (unpaired) electrons. The molecule has 1 rings (SSSR count). The number of benzene rings is 1. The Morgan fingerprint density at radius 3 is 2.22 bits per heavy atom. The normalized spacial score (nSPS) is 11.6. The second-order valence-electron chi connectivity index (χ2n) is 4.37. The molecule has 0 aliphatic rings. The number of nitrogens with one attached hydrogen (secondary N) is 1. The van der Waals surface area contributed by atoms with Crippen LogP contribution in [0.5, 0.6) is 5.75 Å². The number of sulfonamides is 1. The van der Waals surface area contributed by atoms with Crippen LogP contribution in [-0.4, -0.2) is 27.3 Å². The summed E-state index contributed by atoms with van der Waals surface area (Å²) in [6.07, 6.45) is 0. The zero-order valence-corrected chi connectivity index (χ0v) is 12.2. The van der Waals surface area contributed by atoms with E-state index in [0.29, 0.717) is 13.2 Å². The highest BCUT2D eigenvalue weighted by molar-refractivity contribution is 7.89. The van der Waals surface area contributed by atoms with Crippen LogP contribution in [0.4, 0.5) is 0 Å². The molecule has 0 aromatic heterocycles. The largest absolute Gasteiger partial charge is 0.492 e. The molecule has 0 saturated heterocycles. The number of aryl methyl sites for hydroxylation is 3. The molecular formula is C13H21NO3S. The number of ether oxygens (including phenoxy) is 1. The minimum Gasteiger partial charge on any atom is -0.492 e. The van der Waals surface area contributed by atoms with Crippen molar-refractivity contribution in [3.8, 4) is 5.75 Å². The predicted octanol–water partition coefficient (Wildman–Crippen LogP) is 1.93. The van der Waals surface area contributed by atoms with Gasteiger partial charge in [0.15, 0.2) is 0 Å². The van der Waals surface area contributed by atoms with E-state index in [2.05, 4.69) is 16.9 Å². The number of hydrogen-bond donors (Lipinski definition) is 1. The van der Waals surface area contributed by atoms with E-state index in [4.69, 9.17) is 4.74 Å². The van der Waals surface area contributed by atoms with Crippen LogP contribution in [0.25, 0.3) is 0 Å². The lowest BCUT2D eigenvalue weighted by Crippen LogP contribution is -2.29. The van der Waals surface area contributed by atoms with Gasteiger partial charge < -0.3 is 4.74 Å². The first kappa shape index (κ1) is 15.0. The van der Waals surface area contributed by atoms with E-state index in [1.165, 1.54) is 5.56 Å². The molecule has 4 nitrogen and oxygen atoms in total. The Morgan fingerprint density at radius 2 is 1.72 bits per heavy atom. The molecule has 102 valence electrons. The van der Waals surface area contributed by atoms with Gasteiger partial charge in [0.2, 0.25) is 10.0 Å². The smallest absolute Gasteiger partial charge is 0.211 e. The summed E-state index contributed by atoms with van der Waals surface area (Å²) in [6.45, 7) is 8.26. The van der Waals surface area contributed by atoms with Crippen LogP contribution in [0.1, 0.15) is 23.6 Å². The molecule has 1 aromatic carbocycles. The summed E-state index contributed by atoms with van der Waals surface area (Å²) in [5, 5.41) is 0. The van der Waals surface area contributed by atoms with E-state index in [0.717, 1.165) is 16.9 Å². The number of hydrogen-bond acceptors (Lipinski definition) is 3. The van der Waals surface area contributed by atoms with E-state index < -0.39 is 10.0 Å². The van der Waals surface area contributed by atoms with Crippen molar-refractivity contribution in [1.29, 1.82) is 0 Å². The Hall–Kier alpha value is -1.07. The molecule has 0 aliphatic heterocycles. The van der Waals surface area contributed by atoms with Crippen molar-refractivity contribution in [2.24, 2.45) is 0 Å². The summed E-state index contributed by atoms with van der Waals surface area (Å²) in [5.41, 5.74) is 3.35. The van der Waals surface area contributed by atoms with Gasteiger partial charge in [-0.2, -0.15) is 0 Å². The third-order valence-corrected chi connectivity index (χ3v) is 4.06. The zero-order chi connectivity index (χ0) is 13.8. The first-order chi connectivity index (χ1) is 8.35. The average molecular weight is 271 g/mol. The molecule has 0 atom stereocenters. The predicted molar refractivity (Wildman–Crippen MR) is 73.6 cm³/mol. The second-order valence-corrected chi connectivity index (χ2v) is 6.47. The molecule has 18 heavy (non-hydrogen) atoms. The van der Waals surface area contributed by atoms with Crippen LogP contribution in [0.2, 0.25) is 0 Å². The fourth-order valence-electron chi connectivity index (χ4n) is 1.85. The van der Waals surface area contributed by atoms with Crippen LogP contribution in [0.15, 0.2) is 12.1 Å². The van der Waals surface area contributed by atoms with Crippen LogP contribution in [0, 0.1) is 20.8 Å². The number of rotatable bonds is 6. The van der Waals surface area contributed by atoms with Crippen LogP contribution in [-0.2, 0) is 10.0 Å². The van der Waals surface area contributed by atoms with E-state index >= 15 is 0 Å².